The maximum Gasteiger partial charge on any atom is 0.257 e. The molecule has 0 spiro atoms. The summed E-state index contributed by atoms with van der Waals surface area (Å²) in [4.78, 5) is 27.1. The van der Waals surface area contributed by atoms with Gasteiger partial charge in [0.1, 0.15) is 11.3 Å². The number of rotatable bonds is 10. The van der Waals surface area contributed by atoms with E-state index in [9.17, 15) is 4.79 Å². The molecule has 9 nitrogen and oxygen atoms in total. The molecule has 0 atom stereocenters. The van der Waals surface area contributed by atoms with E-state index in [1.807, 2.05) is 43.4 Å². The highest BCUT2D eigenvalue weighted by molar-refractivity contribution is 7.23. The van der Waals surface area contributed by atoms with E-state index in [0.29, 0.717) is 41.8 Å². The number of hydrogen-bond acceptors (Lipinski definition) is 10. The number of likely N-dealkylation sites (N-methyl/N-ethyl adjacent to an activating group) is 1. The molecule has 200 valence electrons. The summed E-state index contributed by atoms with van der Waals surface area (Å²) in [5, 5.41) is 6.54. The molecule has 0 aliphatic carbocycles. The third kappa shape index (κ3) is 5.97. The molecule has 1 N–H and O–H groups in total. The number of aromatic nitrogens is 2. The van der Waals surface area contributed by atoms with Gasteiger partial charge in [0, 0.05) is 49.8 Å². The van der Waals surface area contributed by atoms with Crippen LogP contribution < -0.4 is 15.0 Å². The average molecular weight is 554 g/mol. The Kier molecular flexibility index (Phi) is 8.50. The molecule has 1 saturated heterocycles. The number of thiazole rings is 2. The quantitative estimate of drug-likeness (QED) is 0.305. The van der Waals surface area contributed by atoms with Crippen LogP contribution in [0.4, 0.5) is 10.3 Å². The minimum absolute atomic E-state index is 0.202. The Balaban J connectivity index is 1.34. The highest BCUT2D eigenvalue weighted by Gasteiger charge is 2.20. The van der Waals surface area contributed by atoms with Gasteiger partial charge in [-0.2, -0.15) is 0 Å². The third-order valence-electron chi connectivity index (χ3n) is 6.34. The van der Waals surface area contributed by atoms with E-state index in [1.165, 1.54) is 11.3 Å². The predicted molar refractivity (Wildman–Crippen MR) is 153 cm³/mol. The van der Waals surface area contributed by atoms with Crippen molar-refractivity contribution in [3.63, 3.8) is 0 Å². The van der Waals surface area contributed by atoms with Crippen molar-refractivity contribution in [3.8, 4) is 17.0 Å². The SMILES string of the molecule is COCCN(C)Cc1ccc(C(=O)Nc2nc3c(OC)ccc(-c4csc(N5CCOCC5)n4)c3s2)cc1. The molecule has 1 amide bonds. The maximum atomic E-state index is 13.0. The Morgan fingerprint density at radius 3 is 2.66 bits per heavy atom. The monoisotopic (exact) mass is 553 g/mol. The number of fused-ring (bicyclic) bond motifs is 1. The zero-order valence-corrected chi connectivity index (χ0v) is 23.4. The Morgan fingerprint density at radius 2 is 1.92 bits per heavy atom. The third-order valence-corrected chi connectivity index (χ3v) is 8.25. The van der Waals surface area contributed by atoms with Crippen LogP contribution >= 0.6 is 22.7 Å². The van der Waals surface area contributed by atoms with Crippen molar-refractivity contribution >= 4 is 49.1 Å². The summed E-state index contributed by atoms with van der Waals surface area (Å²) in [6, 6.07) is 11.6. The first-order valence-electron chi connectivity index (χ1n) is 12.4. The number of ether oxygens (including phenoxy) is 3. The van der Waals surface area contributed by atoms with Crippen molar-refractivity contribution in [1.82, 2.24) is 14.9 Å². The number of nitrogens with zero attached hydrogens (tertiary/aromatic N) is 4. The molecule has 1 fully saturated rings. The summed E-state index contributed by atoms with van der Waals surface area (Å²) < 4.78 is 17.1. The standard InChI is InChI=1S/C27H31N5O4S2/c1-31(10-13-34-2)16-18-4-6-19(7-5-18)25(33)30-26-29-23-22(35-3)9-8-20(24(23)38-26)21-17-37-27(28-21)32-11-14-36-15-12-32/h4-9,17H,10-16H2,1-3H3,(H,29,30,33). The van der Waals surface area contributed by atoms with Gasteiger partial charge in [-0.25, -0.2) is 9.97 Å². The first kappa shape index (κ1) is 26.5. The number of benzene rings is 2. The van der Waals surface area contributed by atoms with Crippen LogP contribution in [0, 0.1) is 0 Å². The number of amides is 1. The average Bonchev–Trinajstić information content (AvgIpc) is 3.60. The molecule has 2 aromatic heterocycles. The van der Waals surface area contributed by atoms with Crippen LogP contribution in [0.2, 0.25) is 0 Å². The second kappa shape index (κ2) is 12.2. The summed E-state index contributed by atoms with van der Waals surface area (Å²) >= 11 is 3.05. The molecule has 1 aliphatic rings. The molecule has 0 unspecified atom stereocenters. The largest absolute Gasteiger partial charge is 0.494 e. The lowest BCUT2D eigenvalue weighted by atomic mass is 10.1. The summed E-state index contributed by atoms with van der Waals surface area (Å²) in [5.41, 5.74) is 4.28. The van der Waals surface area contributed by atoms with Gasteiger partial charge in [-0.1, -0.05) is 23.5 Å². The molecular weight excluding hydrogens is 522 g/mol. The summed E-state index contributed by atoms with van der Waals surface area (Å²) in [6.07, 6.45) is 0. The van der Waals surface area contributed by atoms with Crippen LogP contribution in [-0.2, 0) is 16.0 Å². The highest BCUT2D eigenvalue weighted by Crippen LogP contribution is 2.40. The first-order valence-corrected chi connectivity index (χ1v) is 14.1. The second-order valence-corrected chi connectivity index (χ2v) is 10.8. The maximum absolute atomic E-state index is 13.0. The van der Waals surface area contributed by atoms with Crippen molar-refractivity contribution in [2.75, 3.05) is 70.9 Å². The van der Waals surface area contributed by atoms with Crippen molar-refractivity contribution in [1.29, 1.82) is 0 Å². The fourth-order valence-electron chi connectivity index (χ4n) is 4.26. The molecule has 2 aromatic carbocycles. The zero-order chi connectivity index (χ0) is 26.5. The van der Waals surface area contributed by atoms with Gasteiger partial charge in [0.25, 0.3) is 5.91 Å². The van der Waals surface area contributed by atoms with Gasteiger partial charge >= 0.3 is 0 Å². The van der Waals surface area contributed by atoms with Crippen molar-refractivity contribution in [2.24, 2.45) is 0 Å². The molecule has 0 radical (unpaired) electrons. The van der Waals surface area contributed by atoms with Gasteiger partial charge in [-0.05, 0) is 36.9 Å². The van der Waals surface area contributed by atoms with Crippen molar-refractivity contribution in [3.05, 3.63) is 52.9 Å². The molecular formula is C27H31N5O4S2. The minimum Gasteiger partial charge on any atom is -0.494 e. The lowest BCUT2D eigenvalue weighted by Gasteiger charge is -2.26. The van der Waals surface area contributed by atoms with Gasteiger partial charge in [-0.3, -0.25) is 15.0 Å². The van der Waals surface area contributed by atoms with E-state index in [-0.39, 0.29) is 5.91 Å². The van der Waals surface area contributed by atoms with Gasteiger partial charge in [0.15, 0.2) is 10.3 Å². The zero-order valence-electron chi connectivity index (χ0n) is 21.7. The van der Waals surface area contributed by atoms with E-state index < -0.39 is 0 Å². The number of carbonyl (C=O) groups is 1. The Bertz CT molecular complexity index is 1380. The molecule has 0 bridgehead atoms. The van der Waals surface area contributed by atoms with Crippen molar-refractivity contribution < 1.29 is 19.0 Å². The van der Waals surface area contributed by atoms with Crippen molar-refractivity contribution in [2.45, 2.75) is 6.54 Å². The Morgan fingerprint density at radius 1 is 1.13 bits per heavy atom. The van der Waals surface area contributed by atoms with E-state index in [0.717, 1.165) is 52.8 Å². The van der Waals surface area contributed by atoms with Crippen LogP contribution in [-0.4, -0.2) is 81.5 Å². The minimum atomic E-state index is -0.202. The summed E-state index contributed by atoms with van der Waals surface area (Å²) in [7, 11) is 5.37. The predicted octanol–water partition coefficient (Wildman–Crippen LogP) is 4.60. The summed E-state index contributed by atoms with van der Waals surface area (Å²) in [6.45, 7) is 5.43. The van der Waals surface area contributed by atoms with E-state index >= 15 is 0 Å². The lowest BCUT2D eigenvalue weighted by molar-refractivity contribution is 0.102. The van der Waals surface area contributed by atoms with E-state index in [2.05, 4.69) is 20.5 Å². The molecule has 4 aromatic rings. The number of nitrogens with one attached hydrogen (secondary N) is 1. The number of anilines is 2. The van der Waals surface area contributed by atoms with Crippen LogP contribution in [0.15, 0.2) is 41.8 Å². The smallest absolute Gasteiger partial charge is 0.257 e. The molecule has 5 rings (SSSR count). The van der Waals surface area contributed by atoms with Gasteiger partial charge in [0.05, 0.1) is 37.3 Å². The van der Waals surface area contributed by atoms with Gasteiger partial charge < -0.3 is 19.1 Å². The topological polar surface area (TPSA) is 89.0 Å². The number of morpholine rings is 1. The number of hydrogen-bond donors (Lipinski definition) is 1. The van der Waals surface area contributed by atoms with Crippen LogP contribution in [0.5, 0.6) is 5.75 Å². The van der Waals surface area contributed by atoms with Crippen LogP contribution in [0.25, 0.3) is 21.5 Å². The molecule has 1 aliphatic heterocycles. The Hall–Kier alpha value is -3.09. The number of methoxy groups -OCH3 is 2. The fourth-order valence-corrected chi connectivity index (χ4v) is 6.14. The lowest BCUT2D eigenvalue weighted by Crippen LogP contribution is -2.36. The van der Waals surface area contributed by atoms with E-state index in [1.54, 1.807) is 25.6 Å². The summed E-state index contributed by atoms with van der Waals surface area (Å²) in [5.74, 6) is 0.457. The highest BCUT2D eigenvalue weighted by atomic mass is 32.1. The second-order valence-electron chi connectivity index (χ2n) is 9.01. The normalized spacial score (nSPS) is 13.8. The van der Waals surface area contributed by atoms with E-state index in [4.69, 9.17) is 24.2 Å². The first-order chi connectivity index (χ1) is 18.6. The molecule has 0 saturated carbocycles. The van der Waals surface area contributed by atoms with Gasteiger partial charge in [-0.15, -0.1) is 11.3 Å². The molecule has 11 heteroatoms. The van der Waals surface area contributed by atoms with Crippen LogP contribution in [0.3, 0.4) is 0 Å². The fraction of sp³-hybridized carbons (Fsp3) is 0.370. The number of carbonyl (C=O) groups excluding carboxylic acids is 1. The Labute approximate surface area is 230 Å². The van der Waals surface area contributed by atoms with Gasteiger partial charge in [0.2, 0.25) is 0 Å². The molecule has 38 heavy (non-hydrogen) atoms. The van der Waals surface area contributed by atoms with Crippen LogP contribution in [0.1, 0.15) is 15.9 Å². The molecule has 3 heterocycles.